The maximum Gasteiger partial charge on any atom is 0.0981 e. The van der Waals surface area contributed by atoms with Crippen LogP contribution < -0.4 is 11.3 Å². The number of nitrogens with one attached hydrogen (secondary N) is 1. The van der Waals surface area contributed by atoms with Crippen LogP contribution in [0.2, 0.25) is 0 Å². The van der Waals surface area contributed by atoms with Crippen molar-refractivity contribution in [3.8, 4) is 0 Å². The Morgan fingerprint density at radius 2 is 2.21 bits per heavy atom. The predicted octanol–water partition coefficient (Wildman–Crippen LogP) is 3.40. The van der Waals surface area contributed by atoms with Gasteiger partial charge in [0.1, 0.15) is 0 Å². The summed E-state index contributed by atoms with van der Waals surface area (Å²) < 4.78 is 2.98. The fourth-order valence-electron chi connectivity index (χ4n) is 2.07. The molecule has 1 atom stereocenters. The maximum atomic E-state index is 5.78. The highest BCUT2D eigenvalue weighted by molar-refractivity contribution is 9.10. The third-order valence-electron chi connectivity index (χ3n) is 3.03. The van der Waals surface area contributed by atoms with Gasteiger partial charge < -0.3 is 0 Å². The Labute approximate surface area is 126 Å². The summed E-state index contributed by atoms with van der Waals surface area (Å²) in [4.78, 5) is 2.57. The van der Waals surface area contributed by atoms with Gasteiger partial charge in [-0.25, -0.2) is 5.43 Å². The summed E-state index contributed by atoms with van der Waals surface area (Å²) in [5, 5.41) is 4.42. The maximum absolute atomic E-state index is 5.78. The Bertz CT molecular complexity index is 547. The lowest BCUT2D eigenvalue weighted by Crippen LogP contribution is -2.30. The monoisotopic (exact) mass is 342 g/mol. The van der Waals surface area contributed by atoms with Gasteiger partial charge in [0, 0.05) is 15.8 Å². The van der Waals surface area contributed by atoms with E-state index in [-0.39, 0.29) is 6.04 Å². The Hall–Kier alpha value is -0.690. The number of hydrogen-bond acceptors (Lipinski definition) is 4. The van der Waals surface area contributed by atoms with Gasteiger partial charge in [-0.15, -0.1) is 11.3 Å². The molecule has 1 unspecified atom stereocenters. The molecule has 3 N–H and O–H groups in total. The molecule has 4 nitrogen and oxygen atoms in total. The number of hydrazine groups is 1. The summed E-state index contributed by atoms with van der Waals surface area (Å²) in [6.45, 7) is 6.39. The van der Waals surface area contributed by atoms with Gasteiger partial charge in [0.2, 0.25) is 0 Å². The van der Waals surface area contributed by atoms with Crippen LogP contribution in [0.3, 0.4) is 0 Å². The summed E-state index contributed by atoms with van der Waals surface area (Å²) in [5.41, 5.74) is 3.99. The van der Waals surface area contributed by atoms with Crippen molar-refractivity contribution in [2.45, 2.75) is 39.3 Å². The van der Waals surface area contributed by atoms with E-state index in [4.69, 9.17) is 5.84 Å². The van der Waals surface area contributed by atoms with E-state index in [1.54, 1.807) is 11.3 Å². The lowest BCUT2D eigenvalue weighted by atomic mass is 10.1. The van der Waals surface area contributed by atoms with E-state index in [2.05, 4.69) is 59.4 Å². The van der Waals surface area contributed by atoms with Gasteiger partial charge in [-0.05, 0) is 48.3 Å². The predicted molar refractivity (Wildman–Crippen MR) is 83.2 cm³/mol. The number of aryl methyl sites for hydroxylation is 1. The molecular formula is C13H19BrN4S. The number of rotatable bonds is 5. The molecule has 0 saturated heterocycles. The summed E-state index contributed by atoms with van der Waals surface area (Å²) in [6, 6.07) is 4.55. The van der Waals surface area contributed by atoms with Crippen molar-refractivity contribution < 1.29 is 0 Å². The quantitative estimate of drug-likeness (QED) is 0.646. The van der Waals surface area contributed by atoms with Crippen molar-refractivity contribution in [1.82, 2.24) is 15.2 Å². The summed E-state index contributed by atoms with van der Waals surface area (Å²) in [6.07, 6.45) is 2.88. The second kappa shape index (κ2) is 6.17. The largest absolute Gasteiger partial charge is 0.270 e. The molecule has 0 fully saturated rings. The summed E-state index contributed by atoms with van der Waals surface area (Å²) >= 11 is 5.36. The summed E-state index contributed by atoms with van der Waals surface area (Å²) in [7, 11) is 0. The van der Waals surface area contributed by atoms with Gasteiger partial charge in [0.25, 0.3) is 0 Å². The van der Waals surface area contributed by atoms with E-state index >= 15 is 0 Å². The van der Waals surface area contributed by atoms with Crippen LogP contribution in [0.15, 0.2) is 22.8 Å². The Balaban J connectivity index is 2.44. The molecule has 19 heavy (non-hydrogen) atoms. The van der Waals surface area contributed by atoms with Crippen LogP contribution in [0, 0.1) is 0 Å². The van der Waals surface area contributed by atoms with E-state index in [9.17, 15) is 0 Å². The smallest absolute Gasteiger partial charge is 0.0981 e. The molecule has 0 radical (unpaired) electrons. The van der Waals surface area contributed by atoms with Gasteiger partial charge in [-0.3, -0.25) is 10.5 Å². The van der Waals surface area contributed by atoms with Crippen LogP contribution in [0.1, 0.15) is 48.3 Å². The SMILES string of the molecule is CCc1ccc(C(NN)c2c(Br)cnn2C(C)C)s1. The van der Waals surface area contributed by atoms with Crippen LogP contribution in [0.25, 0.3) is 0 Å². The van der Waals surface area contributed by atoms with E-state index in [1.165, 1.54) is 9.75 Å². The summed E-state index contributed by atoms with van der Waals surface area (Å²) in [5.74, 6) is 5.78. The topological polar surface area (TPSA) is 55.9 Å². The van der Waals surface area contributed by atoms with Crippen LogP contribution in [-0.2, 0) is 6.42 Å². The average Bonchev–Trinajstić information content (AvgIpc) is 2.99. The van der Waals surface area contributed by atoms with Crippen LogP contribution in [0.5, 0.6) is 0 Å². The normalized spacial score (nSPS) is 13.2. The van der Waals surface area contributed by atoms with E-state index < -0.39 is 0 Å². The molecule has 2 aromatic rings. The van der Waals surface area contributed by atoms with E-state index in [0.29, 0.717) is 6.04 Å². The van der Waals surface area contributed by atoms with Gasteiger partial charge >= 0.3 is 0 Å². The van der Waals surface area contributed by atoms with Crippen LogP contribution >= 0.6 is 27.3 Å². The highest BCUT2D eigenvalue weighted by Gasteiger charge is 2.23. The highest BCUT2D eigenvalue weighted by Crippen LogP contribution is 2.33. The number of nitrogens with two attached hydrogens (primary N) is 1. The standard InChI is InChI=1S/C13H19BrN4S/c1-4-9-5-6-11(19-9)12(17-15)13-10(14)7-16-18(13)8(2)3/h5-8,12,17H,4,15H2,1-3H3. The first kappa shape index (κ1) is 14.7. The van der Waals surface area contributed by atoms with Gasteiger partial charge in [0.15, 0.2) is 0 Å². The third-order valence-corrected chi connectivity index (χ3v) is 4.94. The molecule has 6 heteroatoms. The Kier molecular flexibility index (Phi) is 4.78. The molecule has 0 aliphatic heterocycles. The van der Waals surface area contributed by atoms with Crippen molar-refractivity contribution in [2.24, 2.45) is 5.84 Å². The molecule has 0 aliphatic carbocycles. The molecule has 0 saturated carbocycles. The van der Waals surface area contributed by atoms with Gasteiger partial charge in [-0.1, -0.05) is 6.92 Å². The molecular weight excluding hydrogens is 324 g/mol. The number of thiophene rings is 1. The zero-order valence-electron chi connectivity index (χ0n) is 11.4. The third kappa shape index (κ3) is 2.91. The molecule has 104 valence electrons. The van der Waals surface area contributed by atoms with Crippen molar-refractivity contribution >= 4 is 27.3 Å². The van der Waals surface area contributed by atoms with Crippen LogP contribution in [0.4, 0.5) is 0 Å². The number of halogens is 1. The van der Waals surface area contributed by atoms with Gasteiger partial charge in [-0.2, -0.15) is 5.10 Å². The first-order valence-corrected chi connectivity index (χ1v) is 7.97. The minimum absolute atomic E-state index is 0.0374. The molecule has 0 amide bonds. The van der Waals surface area contributed by atoms with Crippen molar-refractivity contribution in [3.05, 3.63) is 38.3 Å². The lowest BCUT2D eigenvalue weighted by molar-refractivity contribution is 0.477. The van der Waals surface area contributed by atoms with Crippen molar-refractivity contribution in [1.29, 1.82) is 0 Å². The first-order valence-electron chi connectivity index (χ1n) is 6.36. The molecule has 0 spiro atoms. The minimum Gasteiger partial charge on any atom is -0.270 e. The van der Waals surface area contributed by atoms with Crippen LogP contribution in [-0.4, -0.2) is 9.78 Å². The molecule has 2 rings (SSSR count). The molecule has 0 aromatic carbocycles. The first-order chi connectivity index (χ1) is 9.08. The molecule has 2 aromatic heterocycles. The van der Waals surface area contributed by atoms with E-state index in [1.807, 2.05) is 10.9 Å². The number of hydrogen-bond donors (Lipinski definition) is 2. The Morgan fingerprint density at radius 3 is 2.74 bits per heavy atom. The zero-order chi connectivity index (χ0) is 14.0. The van der Waals surface area contributed by atoms with Crippen molar-refractivity contribution in [3.63, 3.8) is 0 Å². The fourth-order valence-corrected chi connectivity index (χ4v) is 3.59. The number of nitrogens with zero attached hydrogens (tertiary/aromatic N) is 2. The molecule has 0 bridgehead atoms. The van der Waals surface area contributed by atoms with Crippen molar-refractivity contribution in [2.75, 3.05) is 0 Å². The molecule has 2 heterocycles. The Morgan fingerprint density at radius 1 is 1.47 bits per heavy atom. The van der Waals surface area contributed by atoms with Gasteiger partial charge in [0.05, 0.1) is 22.4 Å². The number of aromatic nitrogens is 2. The highest BCUT2D eigenvalue weighted by atomic mass is 79.9. The zero-order valence-corrected chi connectivity index (χ0v) is 13.8. The second-order valence-corrected chi connectivity index (χ2v) is 6.73. The minimum atomic E-state index is -0.0374. The lowest BCUT2D eigenvalue weighted by Gasteiger charge is -2.19. The molecule has 0 aliphatic rings. The average molecular weight is 343 g/mol. The van der Waals surface area contributed by atoms with E-state index in [0.717, 1.165) is 16.6 Å². The fraction of sp³-hybridized carbons (Fsp3) is 0.462. The second-order valence-electron chi connectivity index (χ2n) is 4.67.